The lowest BCUT2D eigenvalue weighted by molar-refractivity contribution is 0.122. The summed E-state index contributed by atoms with van der Waals surface area (Å²) in [6.45, 7) is 7.96. The van der Waals surface area contributed by atoms with Crippen LogP contribution in [0.25, 0.3) is 0 Å². The highest BCUT2D eigenvalue weighted by molar-refractivity contribution is 5.58. The first kappa shape index (κ1) is 11.3. The second-order valence-corrected chi connectivity index (χ2v) is 4.45. The molecule has 1 aliphatic heterocycles. The fourth-order valence-electron chi connectivity index (χ4n) is 1.95. The van der Waals surface area contributed by atoms with Crippen molar-refractivity contribution in [2.75, 3.05) is 36.5 Å². The van der Waals surface area contributed by atoms with Crippen molar-refractivity contribution in [2.24, 2.45) is 0 Å². The lowest BCUT2D eigenvalue weighted by Crippen LogP contribution is -2.36. The normalized spacial score (nSPS) is 16.6. The van der Waals surface area contributed by atoms with Gasteiger partial charge < -0.3 is 15.0 Å². The second kappa shape index (κ2) is 5.21. The summed E-state index contributed by atoms with van der Waals surface area (Å²) in [6, 6.07) is 9.07. The predicted octanol–water partition coefficient (Wildman–Crippen LogP) is 2.34. The molecule has 0 atom stereocenters. The summed E-state index contributed by atoms with van der Waals surface area (Å²) in [5.41, 5.74) is 2.48. The maximum Gasteiger partial charge on any atom is 0.0642 e. The number of nitrogens with one attached hydrogen (secondary N) is 1. The molecule has 0 spiro atoms. The first-order chi connectivity index (χ1) is 7.75. The lowest BCUT2D eigenvalue weighted by Gasteiger charge is -2.29. The number of rotatable bonds is 3. The Morgan fingerprint density at radius 2 is 2.00 bits per heavy atom. The van der Waals surface area contributed by atoms with E-state index >= 15 is 0 Å². The van der Waals surface area contributed by atoms with Crippen molar-refractivity contribution < 1.29 is 4.74 Å². The number of benzene rings is 1. The van der Waals surface area contributed by atoms with Crippen molar-refractivity contribution in [3.05, 3.63) is 24.3 Å². The number of morpholine rings is 1. The van der Waals surface area contributed by atoms with Crippen molar-refractivity contribution in [2.45, 2.75) is 19.9 Å². The molecule has 0 aromatic heterocycles. The second-order valence-electron chi connectivity index (χ2n) is 4.45. The highest BCUT2D eigenvalue weighted by atomic mass is 16.5. The maximum absolute atomic E-state index is 5.36. The predicted molar refractivity (Wildman–Crippen MR) is 68.2 cm³/mol. The number of ether oxygens (including phenoxy) is 1. The van der Waals surface area contributed by atoms with Crippen LogP contribution in [0.15, 0.2) is 24.3 Å². The zero-order valence-electron chi connectivity index (χ0n) is 10.1. The Balaban J connectivity index is 2.08. The van der Waals surface area contributed by atoms with Gasteiger partial charge in [0.15, 0.2) is 0 Å². The molecule has 0 saturated carbocycles. The molecule has 1 N–H and O–H groups in total. The fourth-order valence-corrected chi connectivity index (χ4v) is 1.95. The van der Waals surface area contributed by atoms with Crippen LogP contribution in [-0.4, -0.2) is 32.3 Å². The van der Waals surface area contributed by atoms with Crippen LogP contribution in [0, 0.1) is 0 Å². The van der Waals surface area contributed by atoms with E-state index in [1.807, 2.05) is 0 Å². The van der Waals surface area contributed by atoms with E-state index in [0.717, 1.165) is 26.3 Å². The van der Waals surface area contributed by atoms with Gasteiger partial charge in [-0.25, -0.2) is 0 Å². The topological polar surface area (TPSA) is 24.5 Å². The highest BCUT2D eigenvalue weighted by Gasteiger charge is 2.11. The smallest absolute Gasteiger partial charge is 0.0642 e. The Labute approximate surface area is 97.4 Å². The third-order valence-corrected chi connectivity index (χ3v) is 2.68. The molecular weight excluding hydrogens is 200 g/mol. The average Bonchev–Trinajstić information content (AvgIpc) is 2.30. The minimum atomic E-state index is 0.472. The first-order valence-corrected chi connectivity index (χ1v) is 5.95. The van der Waals surface area contributed by atoms with E-state index in [-0.39, 0.29) is 0 Å². The minimum Gasteiger partial charge on any atom is -0.383 e. The Bertz CT molecular complexity index is 332. The molecule has 1 aromatic carbocycles. The molecule has 0 radical (unpaired) electrons. The van der Waals surface area contributed by atoms with Crippen LogP contribution in [0.3, 0.4) is 0 Å². The summed E-state index contributed by atoms with van der Waals surface area (Å²) in [4.78, 5) is 2.37. The molecule has 0 aliphatic carbocycles. The number of nitrogens with zero attached hydrogens (tertiary/aromatic N) is 1. The zero-order valence-corrected chi connectivity index (χ0v) is 10.1. The highest BCUT2D eigenvalue weighted by Crippen LogP contribution is 2.20. The molecule has 1 heterocycles. The average molecular weight is 220 g/mol. The molecule has 16 heavy (non-hydrogen) atoms. The monoisotopic (exact) mass is 220 g/mol. The standard InChI is InChI=1S/C13H20N2O/c1-11(2)14-12-4-3-5-13(10-12)15-6-8-16-9-7-15/h3-5,10-11,14H,6-9H2,1-2H3. The van der Waals surface area contributed by atoms with E-state index in [2.05, 4.69) is 48.3 Å². The summed E-state index contributed by atoms with van der Waals surface area (Å²) in [5.74, 6) is 0. The lowest BCUT2D eigenvalue weighted by atomic mass is 10.2. The molecule has 0 unspecified atom stereocenters. The molecule has 1 fully saturated rings. The summed E-state index contributed by atoms with van der Waals surface area (Å²) in [6.07, 6.45) is 0. The van der Waals surface area contributed by atoms with Crippen molar-refractivity contribution in [1.82, 2.24) is 0 Å². The van der Waals surface area contributed by atoms with Gasteiger partial charge in [-0.2, -0.15) is 0 Å². The molecule has 3 heteroatoms. The van der Waals surface area contributed by atoms with Crippen LogP contribution in [0.1, 0.15) is 13.8 Å². The van der Waals surface area contributed by atoms with Crippen LogP contribution in [0.5, 0.6) is 0 Å². The van der Waals surface area contributed by atoms with Gasteiger partial charge in [0.25, 0.3) is 0 Å². The van der Waals surface area contributed by atoms with Gasteiger partial charge in [-0.3, -0.25) is 0 Å². The molecule has 0 bridgehead atoms. The Kier molecular flexibility index (Phi) is 3.67. The Hall–Kier alpha value is -1.22. The van der Waals surface area contributed by atoms with Gasteiger partial charge >= 0.3 is 0 Å². The van der Waals surface area contributed by atoms with Gasteiger partial charge in [0.2, 0.25) is 0 Å². The minimum absolute atomic E-state index is 0.472. The molecule has 2 rings (SSSR count). The molecule has 3 nitrogen and oxygen atoms in total. The van der Waals surface area contributed by atoms with Crippen molar-refractivity contribution >= 4 is 11.4 Å². The summed E-state index contributed by atoms with van der Waals surface area (Å²) in [5, 5.41) is 3.43. The first-order valence-electron chi connectivity index (χ1n) is 5.95. The van der Waals surface area contributed by atoms with Gasteiger partial charge in [-0.15, -0.1) is 0 Å². The van der Waals surface area contributed by atoms with E-state index in [0.29, 0.717) is 6.04 Å². The van der Waals surface area contributed by atoms with Crippen LogP contribution in [0.4, 0.5) is 11.4 Å². The molecule has 88 valence electrons. The van der Waals surface area contributed by atoms with Crippen molar-refractivity contribution in [3.8, 4) is 0 Å². The van der Waals surface area contributed by atoms with E-state index in [4.69, 9.17) is 4.74 Å². The largest absolute Gasteiger partial charge is 0.383 e. The van der Waals surface area contributed by atoms with E-state index in [1.54, 1.807) is 0 Å². The summed E-state index contributed by atoms with van der Waals surface area (Å²) >= 11 is 0. The zero-order chi connectivity index (χ0) is 11.4. The Morgan fingerprint density at radius 3 is 2.69 bits per heavy atom. The summed E-state index contributed by atoms with van der Waals surface area (Å²) in [7, 11) is 0. The molecule has 1 aromatic rings. The van der Waals surface area contributed by atoms with Crippen molar-refractivity contribution in [3.63, 3.8) is 0 Å². The van der Waals surface area contributed by atoms with E-state index in [9.17, 15) is 0 Å². The molecular formula is C13H20N2O. The number of hydrogen-bond donors (Lipinski definition) is 1. The van der Waals surface area contributed by atoms with E-state index < -0.39 is 0 Å². The molecule has 0 amide bonds. The van der Waals surface area contributed by atoms with Gasteiger partial charge in [0.1, 0.15) is 0 Å². The molecule has 1 aliphatic rings. The van der Waals surface area contributed by atoms with Crippen molar-refractivity contribution in [1.29, 1.82) is 0 Å². The van der Waals surface area contributed by atoms with Gasteiger partial charge in [-0.05, 0) is 32.0 Å². The quantitative estimate of drug-likeness (QED) is 0.846. The van der Waals surface area contributed by atoms with Crippen LogP contribution >= 0.6 is 0 Å². The van der Waals surface area contributed by atoms with Crippen LogP contribution in [0.2, 0.25) is 0 Å². The fraction of sp³-hybridized carbons (Fsp3) is 0.538. The molecule has 1 saturated heterocycles. The van der Waals surface area contributed by atoms with Crippen LogP contribution < -0.4 is 10.2 Å². The number of anilines is 2. The Morgan fingerprint density at radius 1 is 1.25 bits per heavy atom. The third kappa shape index (κ3) is 2.89. The van der Waals surface area contributed by atoms with E-state index in [1.165, 1.54) is 11.4 Å². The SMILES string of the molecule is CC(C)Nc1cccc(N2CCOCC2)c1. The summed E-state index contributed by atoms with van der Waals surface area (Å²) < 4.78 is 5.36. The maximum atomic E-state index is 5.36. The third-order valence-electron chi connectivity index (χ3n) is 2.68. The van der Waals surface area contributed by atoms with Crippen LogP contribution in [-0.2, 0) is 4.74 Å². The number of hydrogen-bond acceptors (Lipinski definition) is 3. The van der Waals surface area contributed by atoms with Gasteiger partial charge in [0.05, 0.1) is 13.2 Å². The van der Waals surface area contributed by atoms with Gasteiger partial charge in [-0.1, -0.05) is 6.07 Å². The van der Waals surface area contributed by atoms with Gasteiger partial charge in [0, 0.05) is 30.5 Å².